The Morgan fingerprint density at radius 3 is 2.46 bits per heavy atom. The summed E-state index contributed by atoms with van der Waals surface area (Å²) in [6, 6.07) is 12.1. The van der Waals surface area contributed by atoms with Crippen molar-refractivity contribution in [1.82, 2.24) is 0 Å². The molecule has 0 spiro atoms. The number of rotatable bonds is 7. The minimum atomic E-state index is -3.38. The highest BCUT2D eigenvalue weighted by atomic mass is 35.5. The Morgan fingerprint density at radius 2 is 1.85 bits per heavy atom. The zero-order chi connectivity index (χ0) is 18.4. The standard InChI is InChI=1S/C18H21NO5S.ClH/c1-23-18(20)12-24-16-11-14(8-7-13(16)9-10-19)15-5-3-4-6-17(15)25(2,21)22;/h3-8,11H,9-10,12,19H2,1-2H3;1H. The molecule has 2 aromatic carbocycles. The molecule has 2 rings (SSSR count). The van der Waals surface area contributed by atoms with E-state index in [-0.39, 0.29) is 23.9 Å². The molecule has 8 heteroatoms. The number of methoxy groups -OCH3 is 1. The summed E-state index contributed by atoms with van der Waals surface area (Å²) in [6.07, 6.45) is 1.74. The molecule has 0 unspecified atom stereocenters. The van der Waals surface area contributed by atoms with E-state index in [4.69, 9.17) is 10.5 Å². The lowest BCUT2D eigenvalue weighted by molar-refractivity contribution is -0.142. The Bertz CT molecular complexity index is 868. The number of hydrogen-bond acceptors (Lipinski definition) is 6. The molecule has 0 amide bonds. The number of halogens is 1. The first-order valence-corrected chi connectivity index (χ1v) is 9.58. The van der Waals surface area contributed by atoms with Crippen molar-refractivity contribution < 1.29 is 22.7 Å². The average Bonchev–Trinajstić information content (AvgIpc) is 2.60. The van der Waals surface area contributed by atoms with Gasteiger partial charge in [0.15, 0.2) is 16.4 Å². The number of esters is 1. The van der Waals surface area contributed by atoms with Gasteiger partial charge in [-0.15, -0.1) is 12.4 Å². The molecule has 6 nitrogen and oxygen atoms in total. The lowest BCUT2D eigenvalue weighted by Gasteiger charge is -2.14. The SMILES string of the molecule is COC(=O)COc1cc(-c2ccccc2S(C)(=O)=O)ccc1CCN.Cl. The highest BCUT2D eigenvalue weighted by Gasteiger charge is 2.16. The van der Waals surface area contributed by atoms with Crippen LogP contribution in [0.1, 0.15) is 5.56 Å². The summed E-state index contributed by atoms with van der Waals surface area (Å²) < 4.78 is 34.2. The molecule has 0 saturated carbocycles. The Balaban J connectivity index is 0.00000338. The van der Waals surface area contributed by atoms with Crippen LogP contribution < -0.4 is 10.5 Å². The minimum Gasteiger partial charge on any atom is -0.482 e. The van der Waals surface area contributed by atoms with Gasteiger partial charge >= 0.3 is 5.97 Å². The zero-order valence-corrected chi connectivity index (χ0v) is 16.2. The molecule has 0 heterocycles. The van der Waals surface area contributed by atoms with Crippen molar-refractivity contribution in [3.63, 3.8) is 0 Å². The van der Waals surface area contributed by atoms with Gasteiger partial charge in [-0.2, -0.15) is 0 Å². The minimum absolute atomic E-state index is 0. The molecule has 0 aliphatic rings. The van der Waals surface area contributed by atoms with Crippen molar-refractivity contribution in [1.29, 1.82) is 0 Å². The molecular formula is C18H22ClNO5S. The number of benzene rings is 2. The molecule has 26 heavy (non-hydrogen) atoms. The lowest BCUT2D eigenvalue weighted by atomic mass is 10.0. The predicted molar refractivity (Wildman–Crippen MR) is 103 cm³/mol. The van der Waals surface area contributed by atoms with Gasteiger partial charge in [-0.3, -0.25) is 0 Å². The summed E-state index contributed by atoms with van der Waals surface area (Å²) in [5, 5.41) is 0. The number of sulfone groups is 1. The van der Waals surface area contributed by atoms with Crippen LogP contribution in [0.5, 0.6) is 5.75 Å². The molecule has 0 aliphatic carbocycles. The van der Waals surface area contributed by atoms with Gasteiger partial charge in [-0.1, -0.05) is 30.3 Å². The highest BCUT2D eigenvalue weighted by Crippen LogP contribution is 2.32. The fraction of sp³-hybridized carbons (Fsp3) is 0.278. The van der Waals surface area contributed by atoms with E-state index in [1.165, 1.54) is 13.4 Å². The molecule has 2 N–H and O–H groups in total. The lowest BCUT2D eigenvalue weighted by Crippen LogP contribution is -2.14. The van der Waals surface area contributed by atoms with Crippen molar-refractivity contribution in [3.8, 4) is 16.9 Å². The fourth-order valence-electron chi connectivity index (χ4n) is 2.44. The fourth-order valence-corrected chi connectivity index (χ4v) is 3.35. The van der Waals surface area contributed by atoms with Crippen LogP contribution in [0.3, 0.4) is 0 Å². The van der Waals surface area contributed by atoms with Crippen LogP contribution in [0.4, 0.5) is 0 Å². The third kappa shape index (κ3) is 5.45. The first kappa shape index (κ1) is 22.0. The second-order valence-corrected chi connectivity index (χ2v) is 7.48. The maximum absolute atomic E-state index is 12.0. The van der Waals surface area contributed by atoms with Crippen LogP contribution in [-0.2, 0) is 25.8 Å². The quantitative estimate of drug-likeness (QED) is 0.717. The van der Waals surface area contributed by atoms with Gasteiger partial charge in [-0.05, 0) is 36.2 Å². The van der Waals surface area contributed by atoms with E-state index >= 15 is 0 Å². The second-order valence-electron chi connectivity index (χ2n) is 5.49. The molecule has 0 aliphatic heterocycles. The van der Waals surface area contributed by atoms with Gasteiger partial charge in [0.25, 0.3) is 0 Å². The molecule has 0 radical (unpaired) electrons. The molecule has 142 valence electrons. The summed E-state index contributed by atoms with van der Waals surface area (Å²) >= 11 is 0. The first-order valence-electron chi connectivity index (χ1n) is 7.69. The summed E-state index contributed by atoms with van der Waals surface area (Å²) in [6.45, 7) is 0.194. The Hall–Kier alpha value is -2.09. The highest BCUT2D eigenvalue weighted by molar-refractivity contribution is 7.90. The number of hydrogen-bond donors (Lipinski definition) is 1. The predicted octanol–water partition coefficient (Wildman–Crippen LogP) is 2.23. The zero-order valence-electron chi connectivity index (χ0n) is 14.6. The molecule has 2 aromatic rings. The second kappa shape index (κ2) is 9.56. The number of ether oxygens (including phenoxy) is 2. The summed E-state index contributed by atoms with van der Waals surface area (Å²) in [5.74, 6) is -0.0164. The number of nitrogens with two attached hydrogens (primary N) is 1. The largest absolute Gasteiger partial charge is 0.482 e. The van der Waals surface area contributed by atoms with Gasteiger partial charge in [0.05, 0.1) is 12.0 Å². The van der Waals surface area contributed by atoms with E-state index in [2.05, 4.69) is 4.74 Å². The third-order valence-electron chi connectivity index (χ3n) is 3.65. The van der Waals surface area contributed by atoms with Crippen molar-refractivity contribution in [3.05, 3.63) is 48.0 Å². The normalized spacial score (nSPS) is 10.7. The van der Waals surface area contributed by atoms with Gasteiger partial charge in [0.1, 0.15) is 5.75 Å². The topological polar surface area (TPSA) is 95.7 Å². The van der Waals surface area contributed by atoms with E-state index in [1.807, 2.05) is 12.1 Å². The van der Waals surface area contributed by atoms with Gasteiger partial charge < -0.3 is 15.2 Å². The van der Waals surface area contributed by atoms with Crippen molar-refractivity contribution in [2.45, 2.75) is 11.3 Å². The molecule has 0 bridgehead atoms. The molecule has 0 saturated heterocycles. The Morgan fingerprint density at radius 1 is 1.15 bits per heavy atom. The Kier molecular flexibility index (Phi) is 8.08. The van der Waals surface area contributed by atoms with Crippen molar-refractivity contribution in [2.75, 3.05) is 26.5 Å². The van der Waals surface area contributed by atoms with Crippen LogP contribution in [-0.4, -0.2) is 40.9 Å². The van der Waals surface area contributed by atoms with Crippen LogP contribution in [0.2, 0.25) is 0 Å². The van der Waals surface area contributed by atoms with E-state index in [1.54, 1.807) is 30.3 Å². The molecular weight excluding hydrogens is 378 g/mol. The summed E-state index contributed by atoms with van der Waals surface area (Å²) in [4.78, 5) is 11.6. The first-order chi connectivity index (χ1) is 11.9. The van der Waals surface area contributed by atoms with Gasteiger partial charge in [0.2, 0.25) is 0 Å². The number of carbonyl (C=O) groups excluding carboxylic acids is 1. The van der Waals surface area contributed by atoms with Crippen molar-refractivity contribution >= 4 is 28.2 Å². The van der Waals surface area contributed by atoms with Crippen LogP contribution in [0.25, 0.3) is 11.1 Å². The van der Waals surface area contributed by atoms with Crippen LogP contribution >= 0.6 is 12.4 Å². The molecule has 0 fully saturated rings. The Labute approximate surface area is 159 Å². The smallest absolute Gasteiger partial charge is 0.343 e. The molecule has 0 aromatic heterocycles. The monoisotopic (exact) mass is 399 g/mol. The van der Waals surface area contributed by atoms with Gasteiger partial charge in [0, 0.05) is 11.8 Å². The maximum Gasteiger partial charge on any atom is 0.343 e. The number of carbonyl (C=O) groups is 1. The van der Waals surface area contributed by atoms with E-state index < -0.39 is 15.8 Å². The molecule has 0 atom stereocenters. The van der Waals surface area contributed by atoms with Crippen molar-refractivity contribution in [2.24, 2.45) is 5.73 Å². The third-order valence-corrected chi connectivity index (χ3v) is 4.81. The summed E-state index contributed by atoms with van der Waals surface area (Å²) in [5.41, 5.74) is 7.71. The van der Waals surface area contributed by atoms with E-state index in [0.717, 1.165) is 5.56 Å². The maximum atomic E-state index is 12.0. The van der Waals surface area contributed by atoms with E-state index in [9.17, 15) is 13.2 Å². The van der Waals surface area contributed by atoms with Crippen LogP contribution in [0, 0.1) is 0 Å². The average molecular weight is 400 g/mol. The van der Waals surface area contributed by atoms with E-state index in [0.29, 0.717) is 29.8 Å². The van der Waals surface area contributed by atoms with Gasteiger partial charge in [-0.25, -0.2) is 13.2 Å². The summed E-state index contributed by atoms with van der Waals surface area (Å²) in [7, 11) is -2.10. The van der Waals surface area contributed by atoms with Crippen LogP contribution in [0.15, 0.2) is 47.4 Å².